The van der Waals surface area contributed by atoms with Crippen LogP contribution >= 0.6 is 34.5 Å². The summed E-state index contributed by atoms with van der Waals surface area (Å²) in [5.74, 6) is 0.424. The number of anilines is 1. The molecule has 3 rings (SSSR count). The standard InChI is InChI=1S/C23H27Cl2N3O2S/c1-15-7-12-18(25)20-19(15)26-22(31-20)28(14-6-13-27(4)5)21(29)23(2,3)30-17-10-8-16(24)9-11-17/h7-12H,6,13-14H2,1-5H3. The van der Waals surface area contributed by atoms with E-state index in [4.69, 9.17) is 32.9 Å². The highest BCUT2D eigenvalue weighted by Crippen LogP contribution is 2.36. The van der Waals surface area contributed by atoms with Gasteiger partial charge < -0.3 is 9.64 Å². The molecule has 166 valence electrons. The zero-order valence-electron chi connectivity index (χ0n) is 18.4. The molecule has 0 unspecified atom stereocenters. The number of ether oxygens (including phenoxy) is 1. The fraction of sp³-hybridized carbons (Fsp3) is 0.391. The number of fused-ring (bicyclic) bond motifs is 1. The summed E-state index contributed by atoms with van der Waals surface area (Å²) in [5.41, 5.74) is 0.761. The van der Waals surface area contributed by atoms with Crippen LogP contribution in [0.2, 0.25) is 10.0 Å². The fourth-order valence-electron chi connectivity index (χ4n) is 3.20. The highest BCUT2D eigenvalue weighted by atomic mass is 35.5. The van der Waals surface area contributed by atoms with E-state index < -0.39 is 5.60 Å². The quantitative estimate of drug-likeness (QED) is 0.394. The van der Waals surface area contributed by atoms with Crippen molar-refractivity contribution >= 4 is 55.8 Å². The summed E-state index contributed by atoms with van der Waals surface area (Å²) >= 11 is 13.8. The monoisotopic (exact) mass is 479 g/mol. The molecule has 5 nitrogen and oxygen atoms in total. The minimum atomic E-state index is -1.09. The summed E-state index contributed by atoms with van der Waals surface area (Å²) in [4.78, 5) is 22.2. The Labute approximate surface area is 197 Å². The molecule has 0 spiro atoms. The zero-order chi connectivity index (χ0) is 22.8. The van der Waals surface area contributed by atoms with E-state index in [-0.39, 0.29) is 5.91 Å². The molecule has 0 aliphatic rings. The second-order valence-corrected chi connectivity index (χ2v) is 10.0. The predicted octanol–water partition coefficient (Wildman–Crippen LogP) is 6.05. The lowest BCUT2D eigenvalue weighted by Gasteiger charge is -2.31. The Morgan fingerprint density at radius 3 is 2.39 bits per heavy atom. The number of hydrogen-bond donors (Lipinski definition) is 0. The van der Waals surface area contributed by atoms with Gasteiger partial charge >= 0.3 is 0 Å². The number of rotatable bonds is 8. The molecular formula is C23H27Cl2N3O2S. The SMILES string of the molecule is Cc1ccc(Cl)c2sc(N(CCCN(C)C)C(=O)C(C)(C)Oc3ccc(Cl)cc3)nc12. The Bertz CT molecular complexity index is 1030. The van der Waals surface area contributed by atoms with Crippen LogP contribution in [0.15, 0.2) is 36.4 Å². The largest absolute Gasteiger partial charge is 0.478 e. The van der Waals surface area contributed by atoms with Crippen LogP contribution in [0.3, 0.4) is 0 Å². The summed E-state index contributed by atoms with van der Waals surface area (Å²) in [5, 5.41) is 1.88. The Morgan fingerprint density at radius 1 is 1.10 bits per heavy atom. The van der Waals surface area contributed by atoms with E-state index in [1.54, 1.807) is 43.0 Å². The van der Waals surface area contributed by atoms with Crippen molar-refractivity contribution in [2.75, 3.05) is 32.1 Å². The van der Waals surface area contributed by atoms with Gasteiger partial charge in [-0.1, -0.05) is 40.6 Å². The molecule has 0 atom stereocenters. The lowest BCUT2D eigenvalue weighted by molar-refractivity contribution is -0.131. The first-order valence-electron chi connectivity index (χ1n) is 10.1. The Morgan fingerprint density at radius 2 is 1.77 bits per heavy atom. The molecule has 0 aliphatic heterocycles. The number of nitrogens with zero attached hydrogens (tertiary/aromatic N) is 3. The van der Waals surface area contributed by atoms with E-state index in [2.05, 4.69) is 4.90 Å². The van der Waals surface area contributed by atoms with Crippen molar-refractivity contribution in [2.45, 2.75) is 32.8 Å². The first kappa shape index (κ1) is 23.8. The van der Waals surface area contributed by atoms with Gasteiger partial charge in [-0.25, -0.2) is 4.98 Å². The lowest BCUT2D eigenvalue weighted by Crippen LogP contribution is -2.49. The van der Waals surface area contributed by atoms with Crippen LogP contribution in [-0.4, -0.2) is 48.6 Å². The summed E-state index contributed by atoms with van der Waals surface area (Å²) in [7, 11) is 4.03. The molecule has 2 aromatic carbocycles. The second kappa shape index (κ2) is 9.74. The third-order valence-electron chi connectivity index (χ3n) is 4.85. The Kier molecular flexibility index (Phi) is 7.47. The van der Waals surface area contributed by atoms with Crippen LogP contribution < -0.4 is 9.64 Å². The summed E-state index contributed by atoms with van der Waals surface area (Å²) < 4.78 is 6.95. The molecule has 0 saturated heterocycles. The predicted molar refractivity (Wildman–Crippen MR) is 131 cm³/mol. The van der Waals surface area contributed by atoms with E-state index in [1.165, 1.54) is 11.3 Å². The lowest BCUT2D eigenvalue weighted by atomic mass is 10.1. The van der Waals surface area contributed by atoms with Gasteiger partial charge in [0.25, 0.3) is 5.91 Å². The van der Waals surface area contributed by atoms with E-state index >= 15 is 0 Å². The normalized spacial score (nSPS) is 11.9. The van der Waals surface area contributed by atoms with Crippen LogP contribution in [0.1, 0.15) is 25.8 Å². The van der Waals surface area contributed by atoms with Crippen molar-refractivity contribution in [1.82, 2.24) is 9.88 Å². The van der Waals surface area contributed by atoms with Crippen LogP contribution in [0.4, 0.5) is 5.13 Å². The number of amides is 1. The molecule has 0 bridgehead atoms. The zero-order valence-corrected chi connectivity index (χ0v) is 20.7. The molecule has 0 saturated carbocycles. The molecule has 0 N–H and O–H groups in total. The number of aromatic nitrogens is 1. The fourth-order valence-corrected chi connectivity index (χ4v) is 4.67. The first-order valence-corrected chi connectivity index (χ1v) is 11.6. The molecule has 1 heterocycles. The number of carbonyl (C=O) groups excluding carboxylic acids is 1. The maximum atomic E-state index is 13.7. The van der Waals surface area contributed by atoms with Crippen LogP contribution in [-0.2, 0) is 4.79 Å². The number of aryl methyl sites for hydroxylation is 1. The minimum absolute atomic E-state index is 0.158. The number of carbonyl (C=O) groups is 1. The second-order valence-electron chi connectivity index (χ2n) is 8.22. The van der Waals surface area contributed by atoms with Crippen molar-refractivity contribution in [2.24, 2.45) is 0 Å². The van der Waals surface area contributed by atoms with E-state index in [1.807, 2.05) is 33.2 Å². The molecular weight excluding hydrogens is 453 g/mol. The third-order valence-corrected chi connectivity index (χ3v) is 6.64. The maximum Gasteiger partial charge on any atom is 0.272 e. The molecule has 0 aliphatic carbocycles. The van der Waals surface area contributed by atoms with Gasteiger partial charge in [-0.05, 0) is 83.7 Å². The van der Waals surface area contributed by atoms with Gasteiger partial charge in [-0.15, -0.1) is 0 Å². The molecule has 1 aromatic heterocycles. The molecule has 8 heteroatoms. The number of hydrogen-bond acceptors (Lipinski definition) is 5. The van der Waals surface area contributed by atoms with Gasteiger partial charge in [0.15, 0.2) is 10.7 Å². The minimum Gasteiger partial charge on any atom is -0.478 e. The maximum absolute atomic E-state index is 13.7. The molecule has 3 aromatic rings. The highest BCUT2D eigenvalue weighted by molar-refractivity contribution is 7.23. The average Bonchev–Trinajstić information content (AvgIpc) is 3.15. The topological polar surface area (TPSA) is 45.7 Å². The van der Waals surface area contributed by atoms with Crippen LogP contribution in [0.5, 0.6) is 5.75 Å². The molecule has 0 fully saturated rings. The van der Waals surface area contributed by atoms with Gasteiger partial charge in [0.1, 0.15) is 5.75 Å². The van der Waals surface area contributed by atoms with Crippen LogP contribution in [0.25, 0.3) is 10.2 Å². The first-order chi connectivity index (χ1) is 14.6. The van der Waals surface area contributed by atoms with Crippen molar-refractivity contribution in [3.05, 3.63) is 52.0 Å². The van der Waals surface area contributed by atoms with Crippen molar-refractivity contribution in [1.29, 1.82) is 0 Å². The van der Waals surface area contributed by atoms with Crippen molar-refractivity contribution in [3.63, 3.8) is 0 Å². The molecule has 1 amide bonds. The molecule has 0 radical (unpaired) electrons. The van der Waals surface area contributed by atoms with E-state index in [0.29, 0.717) is 27.5 Å². The Balaban J connectivity index is 1.94. The van der Waals surface area contributed by atoms with Gasteiger partial charge in [-0.2, -0.15) is 0 Å². The molecule has 31 heavy (non-hydrogen) atoms. The summed E-state index contributed by atoms with van der Waals surface area (Å²) in [6.07, 6.45) is 0.804. The average molecular weight is 480 g/mol. The van der Waals surface area contributed by atoms with E-state index in [0.717, 1.165) is 28.7 Å². The van der Waals surface area contributed by atoms with Crippen LogP contribution in [0, 0.1) is 6.92 Å². The van der Waals surface area contributed by atoms with Gasteiger partial charge in [0, 0.05) is 11.6 Å². The highest BCUT2D eigenvalue weighted by Gasteiger charge is 2.36. The van der Waals surface area contributed by atoms with Gasteiger partial charge in [0.2, 0.25) is 0 Å². The summed E-state index contributed by atoms with van der Waals surface area (Å²) in [6.45, 7) is 6.92. The van der Waals surface area contributed by atoms with E-state index in [9.17, 15) is 4.79 Å². The van der Waals surface area contributed by atoms with Gasteiger partial charge in [-0.3, -0.25) is 9.69 Å². The van der Waals surface area contributed by atoms with Crippen molar-refractivity contribution < 1.29 is 9.53 Å². The number of thiazole rings is 1. The van der Waals surface area contributed by atoms with Gasteiger partial charge in [0.05, 0.1) is 15.2 Å². The van der Waals surface area contributed by atoms with Crippen molar-refractivity contribution in [3.8, 4) is 5.75 Å². The summed E-state index contributed by atoms with van der Waals surface area (Å²) in [6, 6.07) is 10.8. The Hall–Kier alpha value is -1.86. The number of benzene rings is 2. The number of halogens is 2. The third kappa shape index (κ3) is 5.69. The smallest absolute Gasteiger partial charge is 0.272 e.